The Hall–Kier alpha value is -1.16. The molecule has 0 aliphatic carbocycles. The number of rotatable bonds is 4. The molecule has 1 aromatic rings. The Labute approximate surface area is 95.6 Å². The molecule has 0 saturated carbocycles. The van der Waals surface area contributed by atoms with Crippen molar-refractivity contribution in [2.24, 2.45) is 5.92 Å². The van der Waals surface area contributed by atoms with E-state index in [0.29, 0.717) is 5.92 Å². The molecule has 2 rings (SSSR count). The maximum atomic E-state index is 10.9. The summed E-state index contributed by atoms with van der Waals surface area (Å²) >= 11 is 0. The van der Waals surface area contributed by atoms with Crippen LogP contribution in [0.1, 0.15) is 35.8 Å². The van der Waals surface area contributed by atoms with Crippen LogP contribution in [-0.4, -0.2) is 29.3 Å². The first-order valence-electron chi connectivity index (χ1n) is 5.92. The van der Waals surface area contributed by atoms with Crippen LogP contribution in [-0.2, 0) is 17.7 Å². The van der Waals surface area contributed by atoms with Gasteiger partial charge in [0.1, 0.15) is 0 Å². The van der Waals surface area contributed by atoms with Crippen molar-refractivity contribution in [2.75, 3.05) is 13.2 Å². The van der Waals surface area contributed by atoms with Crippen molar-refractivity contribution < 1.29 is 9.53 Å². The summed E-state index contributed by atoms with van der Waals surface area (Å²) in [6.45, 7) is 4.57. The summed E-state index contributed by atoms with van der Waals surface area (Å²) in [4.78, 5) is 10.9. The van der Waals surface area contributed by atoms with Crippen molar-refractivity contribution in [1.29, 1.82) is 0 Å². The SMILES string of the molecule is CCn1ncc(C=O)c1CC1CCOCC1. The first kappa shape index (κ1) is 11.3. The Morgan fingerprint density at radius 1 is 1.56 bits per heavy atom. The molecule has 4 heteroatoms. The predicted octanol–water partition coefficient (Wildman–Crippen LogP) is 1.68. The first-order chi connectivity index (χ1) is 7.85. The summed E-state index contributed by atoms with van der Waals surface area (Å²) in [5.74, 6) is 0.634. The monoisotopic (exact) mass is 222 g/mol. The Morgan fingerprint density at radius 3 is 2.94 bits per heavy atom. The van der Waals surface area contributed by atoms with Gasteiger partial charge < -0.3 is 4.74 Å². The lowest BCUT2D eigenvalue weighted by Crippen LogP contribution is -2.19. The van der Waals surface area contributed by atoms with E-state index < -0.39 is 0 Å². The highest BCUT2D eigenvalue weighted by molar-refractivity contribution is 5.76. The molecule has 0 bridgehead atoms. The molecule has 16 heavy (non-hydrogen) atoms. The van der Waals surface area contributed by atoms with Gasteiger partial charge in [-0.3, -0.25) is 9.48 Å². The average molecular weight is 222 g/mol. The normalized spacial score (nSPS) is 17.6. The molecule has 0 N–H and O–H groups in total. The van der Waals surface area contributed by atoms with Crippen LogP contribution in [0.5, 0.6) is 0 Å². The number of hydrogen-bond acceptors (Lipinski definition) is 3. The molecule has 0 aromatic carbocycles. The Morgan fingerprint density at radius 2 is 2.31 bits per heavy atom. The van der Waals surface area contributed by atoms with Crippen LogP contribution in [0.15, 0.2) is 6.20 Å². The number of carbonyl (C=O) groups is 1. The van der Waals surface area contributed by atoms with Gasteiger partial charge in [-0.05, 0) is 32.1 Å². The molecule has 0 spiro atoms. The molecule has 1 saturated heterocycles. The number of aromatic nitrogens is 2. The second-order valence-electron chi connectivity index (χ2n) is 4.24. The quantitative estimate of drug-likeness (QED) is 0.728. The molecule has 88 valence electrons. The fraction of sp³-hybridized carbons (Fsp3) is 0.667. The number of ether oxygens (including phenoxy) is 1. The summed E-state index contributed by atoms with van der Waals surface area (Å²) in [5.41, 5.74) is 1.83. The van der Waals surface area contributed by atoms with Crippen molar-refractivity contribution in [3.8, 4) is 0 Å². The van der Waals surface area contributed by atoms with E-state index in [-0.39, 0.29) is 0 Å². The molecule has 0 unspecified atom stereocenters. The van der Waals surface area contributed by atoms with Crippen molar-refractivity contribution >= 4 is 6.29 Å². The van der Waals surface area contributed by atoms with Crippen LogP contribution in [0.3, 0.4) is 0 Å². The van der Waals surface area contributed by atoms with Crippen LogP contribution >= 0.6 is 0 Å². The van der Waals surface area contributed by atoms with Crippen molar-refractivity contribution in [2.45, 2.75) is 32.7 Å². The summed E-state index contributed by atoms with van der Waals surface area (Å²) in [5, 5.41) is 4.23. The Balaban J connectivity index is 2.11. The van der Waals surface area contributed by atoms with Gasteiger partial charge in [-0.15, -0.1) is 0 Å². The smallest absolute Gasteiger partial charge is 0.153 e. The second kappa shape index (κ2) is 5.25. The molecule has 0 radical (unpaired) electrons. The summed E-state index contributed by atoms with van der Waals surface area (Å²) < 4.78 is 7.27. The average Bonchev–Trinajstić information content (AvgIpc) is 2.72. The molecule has 0 atom stereocenters. The highest BCUT2D eigenvalue weighted by atomic mass is 16.5. The third-order valence-corrected chi connectivity index (χ3v) is 3.23. The van der Waals surface area contributed by atoms with Crippen molar-refractivity contribution in [1.82, 2.24) is 9.78 Å². The summed E-state index contributed by atoms with van der Waals surface area (Å²) in [6, 6.07) is 0. The largest absolute Gasteiger partial charge is 0.381 e. The summed E-state index contributed by atoms with van der Waals surface area (Å²) in [6.07, 6.45) is 5.71. The lowest BCUT2D eigenvalue weighted by molar-refractivity contribution is 0.0659. The molecule has 1 aliphatic heterocycles. The fourth-order valence-electron chi connectivity index (χ4n) is 2.24. The van der Waals surface area contributed by atoms with E-state index >= 15 is 0 Å². The lowest BCUT2D eigenvalue weighted by Gasteiger charge is -2.22. The van der Waals surface area contributed by atoms with E-state index in [9.17, 15) is 4.79 Å². The van der Waals surface area contributed by atoms with Gasteiger partial charge in [0.2, 0.25) is 0 Å². The molecule has 2 heterocycles. The van der Waals surface area contributed by atoms with Crippen molar-refractivity contribution in [3.63, 3.8) is 0 Å². The molecule has 1 fully saturated rings. The van der Waals surface area contributed by atoms with Crippen LogP contribution in [0, 0.1) is 5.92 Å². The zero-order valence-corrected chi connectivity index (χ0v) is 9.69. The maximum Gasteiger partial charge on any atom is 0.153 e. The van der Waals surface area contributed by atoms with Gasteiger partial charge in [-0.2, -0.15) is 5.10 Å². The highest BCUT2D eigenvalue weighted by Gasteiger charge is 2.18. The van der Waals surface area contributed by atoms with E-state index in [1.54, 1.807) is 6.20 Å². The van der Waals surface area contributed by atoms with E-state index in [1.165, 1.54) is 0 Å². The molecule has 1 aromatic heterocycles. The van der Waals surface area contributed by atoms with Gasteiger partial charge in [0.05, 0.1) is 11.8 Å². The Kier molecular flexibility index (Phi) is 3.72. The minimum absolute atomic E-state index is 0.634. The summed E-state index contributed by atoms with van der Waals surface area (Å²) in [7, 11) is 0. The Bertz CT molecular complexity index is 354. The highest BCUT2D eigenvalue weighted by Crippen LogP contribution is 2.21. The first-order valence-corrected chi connectivity index (χ1v) is 5.92. The number of nitrogens with zero attached hydrogens (tertiary/aromatic N) is 2. The predicted molar refractivity (Wildman–Crippen MR) is 60.5 cm³/mol. The van der Waals surface area contributed by atoms with E-state index in [4.69, 9.17) is 4.74 Å². The lowest BCUT2D eigenvalue weighted by atomic mass is 9.94. The van der Waals surface area contributed by atoms with Crippen LogP contribution in [0.2, 0.25) is 0 Å². The van der Waals surface area contributed by atoms with Gasteiger partial charge in [0.15, 0.2) is 6.29 Å². The van der Waals surface area contributed by atoms with Gasteiger partial charge in [-0.25, -0.2) is 0 Å². The van der Waals surface area contributed by atoms with Crippen LogP contribution in [0.25, 0.3) is 0 Å². The van der Waals surface area contributed by atoms with Gasteiger partial charge >= 0.3 is 0 Å². The minimum Gasteiger partial charge on any atom is -0.381 e. The minimum atomic E-state index is 0.634. The van der Waals surface area contributed by atoms with Gasteiger partial charge in [-0.1, -0.05) is 0 Å². The standard InChI is InChI=1S/C12H18N2O2/c1-2-14-12(11(9-15)8-13-14)7-10-3-5-16-6-4-10/h8-10H,2-7H2,1H3. The van der Waals surface area contributed by atoms with Crippen LogP contribution < -0.4 is 0 Å². The number of carbonyl (C=O) groups excluding carboxylic acids is 1. The number of aldehydes is 1. The topological polar surface area (TPSA) is 44.1 Å². The zero-order valence-electron chi connectivity index (χ0n) is 9.69. The zero-order chi connectivity index (χ0) is 11.4. The molecular formula is C12H18N2O2. The van der Waals surface area contributed by atoms with Crippen molar-refractivity contribution in [3.05, 3.63) is 17.5 Å². The van der Waals surface area contributed by atoms with Gasteiger partial charge in [0.25, 0.3) is 0 Å². The van der Waals surface area contributed by atoms with E-state index in [1.807, 2.05) is 4.68 Å². The van der Waals surface area contributed by atoms with E-state index in [2.05, 4.69) is 12.0 Å². The third-order valence-electron chi connectivity index (χ3n) is 3.23. The fourth-order valence-corrected chi connectivity index (χ4v) is 2.24. The maximum absolute atomic E-state index is 10.9. The third kappa shape index (κ3) is 2.32. The molecule has 4 nitrogen and oxygen atoms in total. The molecule has 0 amide bonds. The second-order valence-corrected chi connectivity index (χ2v) is 4.24. The van der Waals surface area contributed by atoms with Crippen LogP contribution in [0.4, 0.5) is 0 Å². The number of hydrogen-bond donors (Lipinski definition) is 0. The molecular weight excluding hydrogens is 204 g/mol. The van der Waals surface area contributed by atoms with E-state index in [0.717, 1.165) is 56.6 Å². The number of aryl methyl sites for hydroxylation is 1. The van der Waals surface area contributed by atoms with Gasteiger partial charge in [0, 0.05) is 25.5 Å². The molecule has 1 aliphatic rings.